The highest BCUT2D eigenvalue weighted by Gasteiger charge is 2.24. The Balaban J connectivity index is 1.87. The van der Waals surface area contributed by atoms with Crippen LogP contribution in [0.3, 0.4) is 0 Å². The smallest absolute Gasteiger partial charge is 0.246 e. The fraction of sp³-hybridized carbons (Fsp3) is 0.500. The van der Waals surface area contributed by atoms with E-state index >= 15 is 0 Å². The Morgan fingerprint density at radius 3 is 2.52 bits per heavy atom. The highest BCUT2D eigenvalue weighted by Crippen LogP contribution is 2.23. The van der Waals surface area contributed by atoms with Gasteiger partial charge in [0.2, 0.25) is 11.8 Å². The van der Waals surface area contributed by atoms with E-state index in [9.17, 15) is 14.0 Å². The van der Waals surface area contributed by atoms with Crippen molar-refractivity contribution in [3.05, 3.63) is 30.1 Å². The molecule has 0 spiro atoms. The molecule has 2 N–H and O–H groups in total. The molecular weight excluding hydrogens is 271 g/mol. The van der Waals surface area contributed by atoms with E-state index in [-0.39, 0.29) is 17.5 Å². The van der Waals surface area contributed by atoms with Gasteiger partial charge in [0.25, 0.3) is 0 Å². The Morgan fingerprint density at radius 1 is 1.19 bits per heavy atom. The minimum Gasteiger partial charge on any atom is -0.344 e. The van der Waals surface area contributed by atoms with Gasteiger partial charge in [-0.2, -0.15) is 0 Å². The van der Waals surface area contributed by atoms with Crippen LogP contribution in [0.15, 0.2) is 24.3 Å². The first-order valence-electron chi connectivity index (χ1n) is 7.43. The zero-order valence-corrected chi connectivity index (χ0v) is 12.2. The van der Waals surface area contributed by atoms with Crippen molar-refractivity contribution in [3.63, 3.8) is 0 Å². The Morgan fingerprint density at radius 2 is 1.86 bits per heavy atom. The lowest BCUT2D eigenvalue weighted by molar-refractivity contribution is -0.129. The summed E-state index contributed by atoms with van der Waals surface area (Å²) in [6.07, 6.45) is 5.07. The molecule has 5 heteroatoms. The van der Waals surface area contributed by atoms with E-state index in [1.54, 1.807) is 19.1 Å². The topological polar surface area (TPSA) is 58.2 Å². The maximum atomic E-state index is 13.5. The molecule has 1 saturated carbocycles. The molecule has 2 amide bonds. The molecule has 1 aliphatic carbocycles. The summed E-state index contributed by atoms with van der Waals surface area (Å²) in [5, 5.41) is 5.21. The van der Waals surface area contributed by atoms with Gasteiger partial charge < -0.3 is 10.6 Å². The zero-order chi connectivity index (χ0) is 15.2. The minimum atomic E-state index is -0.681. The number of halogens is 1. The van der Waals surface area contributed by atoms with Crippen LogP contribution in [0.1, 0.15) is 39.0 Å². The fourth-order valence-electron chi connectivity index (χ4n) is 2.57. The number of para-hydroxylation sites is 1. The monoisotopic (exact) mass is 292 g/mol. The molecule has 1 aromatic carbocycles. The first kappa shape index (κ1) is 15.5. The number of amides is 2. The molecule has 0 aliphatic heterocycles. The van der Waals surface area contributed by atoms with Crippen LogP contribution in [0.2, 0.25) is 0 Å². The molecule has 0 bridgehead atoms. The molecule has 1 atom stereocenters. The summed E-state index contributed by atoms with van der Waals surface area (Å²) in [6, 6.07) is 5.28. The second kappa shape index (κ2) is 7.20. The van der Waals surface area contributed by atoms with Gasteiger partial charge in [0.05, 0.1) is 5.69 Å². The number of hydrogen-bond acceptors (Lipinski definition) is 2. The van der Waals surface area contributed by atoms with Crippen LogP contribution in [0.25, 0.3) is 0 Å². The van der Waals surface area contributed by atoms with Crippen molar-refractivity contribution in [3.8, 4) is 0 Å². The van der Waals surface area contributed by atoms with Crippen LogP contribution in [-0.2, 0) is 9.59 Å². The Bertz CT molecular complexity index is 513. The summed E-state index contributed by atoms with van der Waals surface area (Å²) in [5.41, 5.74) is 0.126. The molecule has 1 fully saturated rings. The number of rotatable bonds is 4. The molecule has 0 saturated heterocycles. The van der Waals surface area contributed by atoms with Gasteiger partial charge >= 0.3 is 0 Å². The lowest BCUT2D eigenvalue weighted by Gasteiger charge is -2.23. The van der Waals surface area contributed by atoms with E-state index in [0.29, 0.717) is 0 Å². The van der Waals surface area contributed by atoms with Crippen molar-refractivity contribution < 1.29 is 14.0 Å². The van der Waals surface area contributed by atoms with Crippen LogP contribution in [0, 0.1) is 11.7 Å². The van der Waals surface area contributed by atoms with E-state index in [1.807, 2.05) is 0 Å². The molecule has 1 aromatic rings. The van der Waals surface area contributed by atoms with E-state index in [0.717, 1.165) is 25.7 Å². The van der Waals surface area contributed by atoms with Crippen molar-refractivity contribution >= 4 is 17.5 Å². The van der Waals surface area contributed by atoms with Crippen LogP contribution in [0.5, 0.6) is 0 Å². The number of hydrogen-bond donors (Lipinski definition) is 2. The van der Waals surface area contributed by atoms with Gasteiger partial charge in [-0.15, -0.1) is 0 Å². The largest absolute Gasteiger partial charge is 0.344 e. The van der Waals surface area contributed by atoms with Crippen molar-refractivity contribution in [2.75, 3.05) is 5.32 Å². The molecule has 2 rings (SSSR count). The third-order valence-corrected chi connectivity index (χ3v) is 3.86. The van der Waals surface area contributed by atoms with E-state index < -0.39 is 17.8 Å². The summed E-state index contributed by atoms with van der Waals surface area (Å²) in [6.45, 7) is 1.61. The number of nitrogens with one attached hydrogen (secondary N) is 2. The van der Waals surface area contributed by atoms with Gasteiger partial charge in [-0.3, -0.25) is 9.59 Å². The van der Waals surface area contributed by atoms with E-state index in [1.165, 1.54) is 18.6 Å². The third-order valence-electron chi connectivity index (χ3n) is 3.86. The van der Waals surface area contributed by atoms with Crippen molar-refractivity contribution in [1.29, 1.82) is 0 Å². The molecular formula is C16H21FN2O2. The predicted molar refractivity (Wildman–Crippen MR) is 79.2 cm³/mol. The summed E-state index contributed by atoms with van der Waals surface area (Å²) in [7, 11) is 0. The molecule has 0 aromatic heterocycles. The molecule has 114 valence electrons. The maximum Gasteiger partial charge on any atom is 0.246 e. The van der Waals surface area contributed by atoms with Gasteiger partial charge in [-0.05, 0) is 31.9 Å². The van der Waals surface area contributed by atoms with Crippen LogP contribution in [0.4, 0.5) is 10.1 Å². The number of carbonyl (C=O) groups excluding carboxylic acids is 2. The molecule has 4 nitrogen and oxygen atoms in total. The average molecular weight is 292 g/mol. The highest BCUT2D eigenvalue weighted by molar-refractivity contribution is 5.97. The standard InChI is InChI=1S/C16H21FN2O2/c1-11(18-16(21)12-7-3-2-4-8-12)15(20)19-14-10-6-5-9-13(14)17/h5-6,9-12H,2-4,7-8H2,1H3,(H,18,21)(H,19,20). The minimum absolute atomic E-state index is 0.00228. The van der Waals surface area contributed by atoms with Gasteiger partial charge in [-0.25, -0.2) is 4.39 Å². The Kier molecular flexibility index (Phi) is 5.31. The number of benzene rings is 1. The first-order chi connectivity index (χ1) is 10.1. The predicted octanol–water partition coefficient (Wildman–Crippen LogP) is 2.85. The SMILES string of the molecule is CC(NC(=O)C1CCCCC1)C(=O)Nc1ccccc1F. The van der Waals surface area contributed by atoms with Gasteiger partial charge in [-0.1, -0.05) is 31.4 Å². The fourth-order valence-corrected chi connectivity index (χ4v) is 2.57. The van der Waals surface area contributed by atoms with Crippen molar-refractivity contribution in [2.45, 2.75) is 45.1 Å². The van der Waals surface area contributed by atoms with E-state index in [2.05, 4.69) is 10.6 Å². The average Bonchev–Trinajstić information content (AvgIpc) is 2.50. The highest BCUT2D eigenvalue weighted by atomic mass is 19.1. The normalized spacial score (nSPS) is 17.0. The van der Waals surface area contributed by atoms with Gasteiger partial charge in [0, 0.05) is 5.92 Å². The number of carbonyl (C=O) groups is 2. The van der Waals surface area contributed by atoms with Crippen LogP contribution >= 0.6 is 0 Å². The third kappa shape index (κ3) is 4.28. The molecule has 0 heterocycles. The first-order valence-corrected chi connectivity index (χ1v) is 7.43. The molecule has 21 heavy (non-hydrogen) atoms. The van der Waals surface area contributed by atoms with Gasteiger partial charge in [0.1, 0.15) is 11.9 Å². The summed E-state index contributed by atoms with van der Waals surface area (Å²) < 4.78 is 13.5. The summed E-state index contributed by atoms with van der Waals surface area (Å²) >= 11 is 0. The van der Waals surface area contributed by atoms with Crippen molar-refractivity contribution in [2.24, 2.45) is 5.92 Å². The summed E-state index contributed by atoms with van der Waals surface area (Å²) in [4.78, 5) is 24.1. The lowest BCUT2D eigenvalue weighted by atomic mass is 9.88. The quantitative estimate of drug-likeness (QED) is 0.896. The molecule has 0 radical (unpaired) electrons. The zero-order valence-electron chi connectivity index (χ0n) is 12.2. The molecule has 1 unspecified atom stereocenters. The van der Waals surface area contributed by atoms with Gasteiger partial charge in [0.15, 0.2) is 0 Å². The number of anilines is 1. The van der Waals surface area contributed by atoms with Crippen LogP contribution in [-0.4, -0.2) is 17.9 Å². The van der Waals surface area contributed by atoms with Crippen molar-refractivity contribution in [1.82, 2.24) is 5.32 Å². The second-order valence-corrected chi connectivity index (χ2v) is 5.53. The second-order valence-electron chi connectivity index (χ2n) is 5.53. The maximum absolute atomic E-state index is 13.5. The summed E-state index contributed by atoms with van der Waals surface area (Å²) in [5.74, 6) is -0.978. The lowest BCUT2D eigenvalue weighted by Crippen LogP contribution is -2.44. The Hall–Kier alpha value is -1.91. The van der Waals surface area contributed by atoms with E-state index in [4.69, 9.17) is 0 Å². The Labute approximate surface area is 124 Å². The molecule has 1 aliphatic rings. The van der Waals surface area contributed by atoms with Crippen LogP contribution < -0.4 is 10.6 Å².